The summed E-state index contributed by atoms with van der Waals surface area (Å²) < 4.78 is 13.8. The maximum absolute atomic E-state index is 13.8. The first kappa shape index (κ1) is 25.5. The highest BCUT2D eigenvalue weighted by Crippen LogP contribution is 2.29. The first-order valence-electron chi connectivity index (χ1n) is 10.9. The van der Waals surface area contributed by atoms with Gasteiger partial charge in [-0.3, -0.25) is 9.98 Å². The minimum Gasteiger partial charge on any atom is -0.507 e. The topological polar surface area (TPSA) is 69.0 Å². The molecule has 0 bridgehead atoms. The van der Waals surface area contributed by atoms with Crippen molar-refractivity contribution in [1.29, 1.82) is 0 Å². The Bertz CT molecular complexity index is 950. The van der Waals surface area contributed by atoms with Crippen LogP contribution in [0.5, 0.6) is 5.75 Å². The van der Waals surface area contributed by atoms with E-state index in [4.69, 9.17) is 0 Å². The number of aliphatic imine (C=N–C) groups is 2. The molecule has 0 unspecified atom stereocenters. The molecule has 0 saturated carbocycles. The third-order valence-electron chi connectivity index (χ3n) is 5.43. The first-order valence-corrected chi connectivity index (χ1v) is 10.9. The Morgan fingerprint density at radius 3 is 2.34 bits per heavy atom. The van der Waals surface area contributed by atoms with Crippen LogP contribution >= 0.6 is 0 Å². The van der Waals surface area contributed by atoms with Gasteiger partial charge in [-0.1, -0.05) is 12.6 Å². The molecule has 0 amide bonds. The predicted molar refractivity (Wildman–Crippen MR) is 134 cm³/mol. The SMILES string of the molecule is C=CC(=N/C=C(\C)NC1CC(C)(C)NC(C)(C)C1)c1ccc(/C(C=NC)=C(/C)F)cc1O. The highest BCUT2D eigenvalue weighted by atomic mass is 19.1. The average molecular weight is 441 g/mol. The zero-order valence-electron chi connectivity index (χ0n) is 20.4. The van der Waals surface area contributed by atoms with Gasteiger partial charge in [0.25, 0.3) is 0 Å². The summed E-state index contributed by atoms with van der Waals surface area (Å²) in [4.78, 5) is 8.43. The molecule has 0 aromatic heterocycles. The van der Waals surface area contributed by atoms with E-state index in [0.717, 1.165) is 18.5 Å². The Kier molecular flexibility index (Phi) is 8.18. The molecule has 5 nitrogen and oxygen atoms in total. The first-order chi connectivity index (χ1) is 14.9. The quantitative estimate of drug-likeness (QED) is 0.489. The van der Waals surface area contributed by atoms with E-state index in [1.54, 1.807) is 31.5 Å². The second-order valence-electron chi connectivity index (χ2n) is 9.74. The molecule has 174 valence electrons. The lowest BCUT2D eigenvalue weighted by Crippen LogP contribution is -2.61. The molecule has 1 heterocycles. The average Bonchev–Trinajstić information content (AvgIpc) is 2.64. The largest absolute Gasteiger partial charge is 0.507 e. The van der Waals surface area contributed by atoms with Crippen molar-refractivity contribution in [2.75, 3.05) is 7.05 Å². The smallest absolute Gasteiger partial charge is 0.125 e. The van der Waals surface area contributed by atoms with Crippen molar-refractivity contribution in [3.05, 3.63) is 59.7 Å². The summed E-state index contributed by atoms with van der Waals surface area (Å²) in [5, 5.41) is 17.8. The van der Waals surface area contributed by atoms with Crippen LogP contribution in [0, 0.1) is 0 Å². The number of rotatable bonds is 7. The van der Waals surface area contributed by atoms with Gasteiger partial charge < -0.3 is 15.7 Å². The number of piperidine rings is 1. The highest BCUT2D eigenvalue weighted by molar-refractivity contribution is 6.13. The number of phenolic OH excluding ortho intramolecular Hbond substituents is 1. The maximum Gasteiger partial charge on any atom is 0.125 e. The highest BCUT2D eigenvalue weighted by Gasteiger charge is 2.37. The number of benzene rings is 1. The van der Waals surface area contributed by atoms with Crippen LogP contribution in [0.15, 0.2) is 58.6 Å². The lowest BCUT2D eigenvalue weighted by molar-refractivity contribution is 0.151. The molecule has 1 fully saturated rings. The van der Waals surface area contributed by atoms with E-state index in [9.17, 15) is 9.50 Å². The molecular formula is C26H37FN4O. The van der Waals surface area contributed by atoms with Gasteiger partial charge in [0.1, 0.15) is 11.6 Å². The number of nitrogens with one attached hydrogen (secondary N) is 2. The van der Waals surface area contributed by atoms with Crippen molar-refractivity contribution in [3.63, 3.8) is 0 Å². The minimum atomic E-state index is -0.366. The summed E-state index contributed by atoms with van der Waals surface area (Å²) in [6, 6.07) is 5.30. The third-order valence-corrected chi connectivity index (χ3v) is 5.43. The zero-order chi connectivity index (χ0) is 24.1. The summed E-state index contributed by atoms with van der Waals surface area (Å²) in [7, 11) is 1.58. The molecule has 1 aromatic rings. The summed E-state index contributed by atoms with van der Waals surface area (Å²) in [5.74, 6) is -0.362. The van der Waals surface area contributed by atoms with Crippen molar-refractivity contribution in [1.82, 2.24) is 10.6 Å². The Morgan fingerprint density at radius 1 is 1.22 bits per heavy atom. The van der Waals surface area contributed by atoms with Crippen molar-refractivity contribution in [2.24, 2.45) is 9.98 Å². The molecule has 0 spiro atoms. The molecule has 1 aliphatic rings. The fraction of sp³-hybridized carbons (Fsp3) is 0.462. The van der Waals surface area contributed by atoms with E-state index in [1.807, 2.05) is 6.92 Å². The van der Waals surface area contributed by atoms with Gasteiger partial charge in [-0.25, -0.2) is 4.39 Å². The molecule has 1 saturated heterocycles. The van der Waals surface area contributed by atoms with Gasteiger partial charge in [-0.15, -0.1) is 0 Å². The van der Waals surface area contributed by atoms with E-state index >= 15 is 0 Å². The Hall–Kier alpha value is -2.73. The van der Waals surface area contributed by atoms with Crippen LogP contribution in [0.1, 0.15) is 65.5 Å². The molecule has 3 N–H and O–H groups in total. The summed E-state index contributed by atoms with van der Waals surface area (Å²) in [5.41, 5.74) is 2.99. The van der Waals surface area contributed by atoms with Gasteiger partial charge in [0.2, 0.25) is 0 Å². The molecule has 0 aliphatic carbocycles. The Morgan fingerprint density at radius 2 is 1.84 bits per heavy atom. The fourth-order valence-corrected chi connectivity index (χ4v) is 4.59. The number of nitrogens with zero attached hydrogens (tertiary/aromatic N) is 2. The number of allylic oxidation sites excluding steroid dienone is 4. The number of phenols is 1. The molecule has 1 aromatic carbocycles. The molecule has 6 heteroatoms. The Balaban J connectivity index is 2.24. The zero-order valence-corrected chi connectivity index (χ0v) is 20.4. The third kappa shape index (κ3) is 6.89. The van der Waals surface area contributed by atoms with Gasteiger partial charge >= 0.3 is 0 Å². The fourth-order valence-electron chi connectivity index (χ4n) is 4.59. The van der Waals surface area contributed by atoms with Crippen LogP contribution < -0.4 is 10.6 Å². The lowest BCUT2D eigenvalue weighted by Gasteiger charge is -2.47. The number of halogens is 1. The molecule has 0 atom stereocenters. The molecule has 2 rings (SSSR count). The van der Waals surface area contributed by atoms with Crippen LogP contribution in [-0.4, -0.2) is 41.2 Å². The molecule has 0 radical (unpaired) electrons. The molecular weight excluding hydrogens is 403 g/mol. The van der Waals surface area contributed by atoms with Crippen molar-refractivity contribution >= 4 is 17.5 Å². The summed E-state index contributed by atoms with van der Waals surface area (Å²) in [6.07, 6.45) is 6.81. The summed E-state index contributed by atoms with van der Waals surface area (Å²) >= 11 is 0. The van der Waals surface area contributed by atoms with Gasteiger partial charge in [0.05, 0.1) is 5.71 Å². The standard InChI is InChI=1S/C26H37FN4O/c1-9-23(21-11-10-19(12-24(21)32)22(16-28-8)18(3)27)29-15-17(2)30-20-13-25(4,5)31-26(6,7)14-20/h9-12,15-16,20,30-32H,1,13-14H2,2-8H3/b17-15+,22-18-,28-16?,29-23?. The normalized spacial score (nSPS) is 20.2. The van der Waals surface area contributed by atoms with Crippen LogP contribution in [0.2, 0.25) is 0 Å². The molecule has 32 heavy (non-hydrogen) atoms. The Labute approximate surface area is 192 Å². The maximum atomic E-state index is 13.8. The number of aromatic hydroxyl groups is 1. The van der Waals surface area contributed by atoms with E-state index in [0.29, 0.717) is 28.5 Å². The van der Waals surface area contributed by atoms with Crippen molar-refractivity contribution in [2.45, 2.75) is 71.5 Å². The molecule has 1 aliphatic heterocycles. The number of hydrogen-bond acceptors (Lipinski definition) is 5. The van der Waals surface area contributed by atoms with Gasteiger partial charge in [0.15, 0.2) is 0 Å². The lowest BCUT2D eigenvalue weighted by atomic mass is 9.79. The van der Waals surface area contributed by atoms with Crippen LogP contribution in [0.4, 0.5) is 4.39 Å². The van der Waals surface area contributed by atoms with E-state index in [-0.39, 0.29) is 22.7 Å². The van der Waals surface area contributed by atoms with Crippen LogP contribution in [0.3, 0.4) is 0 Å². The minimum absolute atomic E-state index is 0.00488. The van der Waals surface area contributed by atoms with Crippen molar-refractivity contribution in [3.8, 4) is 5.75 Å². The van der Waals surface area contributed by atoms with E-state index < -0.39 is 0 Å². The number of hydrogen-bond donors (Lipinski definition) is 3. The van der Waals surface area contributed by atoms with Gasteiger partial charge in [-0.05, 0) is 78.2 Å². The summed E-state index contributed by atoms with van der Waals surface area (Å²) in [6.45, 7) is 16.1. The van der Waals surface area contributed by atoms with Gasteiger partial charge in [-0.2, -0.15) is 0 Å². The van der Waals surface area contributed by atoms with E-state index in [2.05, 4.69) is 54.9 Å². The van der Waals surface area contributed by atoms with Gasteiger partial charge in [0, 0.05) is 53.4 Å². The van der Waals surface area contributed by atoms with E-state index in [1.165, 1.54) is 19.2 Å². The van der Waals surface area contributed by atoms with Crippen LogP contribution in [-0.2, 0) is 0 Å². The second-order valence-corrected chi connectivity index (χ2v) is 9.74. The monoisotopic (exact) mass is 440 g/mol. The van der Waals surface area contributed by atoms with Crippen molar-refractivity contribution < 1.29 is 9.50 Å². The second kappa shape index (κ2) is 10.3. The van der Waals surface area contributed by atoms with Crippen LogP contribution in [0.25, 0.3) is 5.57 Å². The predicted octanol–water partition coefficient (Wildman–Crippen LogP) is 5.53.